The Morgan fingerprint density at radius 3 is 2.82 bits per heavy atom. The third-order valence-corrected chi connectivity index (χ3v) is 4.13. The maximum Gasteiger partial charge on any atom is 0.240 e. The van der Waals surface area contributed by atoms with E-state index in [1.54, 1.807) is 0 Å². The van der Waals surface area contributed by atoms with Crippen LogP contribution in [0.25, 0.3) is 0 Å². The van der Waals surface area contributed by atoms with Gasteiger partial charge in [0, 0.05) is 25.6 Å². The van der Waals surface area contributed by atoms with Gasteiger partial charge in [0.2, 0.25) is 5.89 Å². The van der Waals surface area contributed by atoms with E-state index >= 15 is 0 Å². The fraction of sp³-hybridized carbons (Fsp3) is 0.500. The second-order valence-corrected chi connectivity index (χ2v) is 5.93. The molecule has 3 rings (SSSR count). The Hall–Kier alpha value is -1.43. The van der Waals surface area contributed by atoms with Crippen LogP contribution in [0.5, 0.6) is 0 Å². The lowest BCUT2D eigenvalue weighted by atomic mass is 9.95. The Labute approximate surface area is 137 Å². The summed E-state index contributed by atoms with van der Waals surface area (Å²) in [6.45, 7) is 4.92. The lowest BCUT2D eigenvalue weighted by Crippen LogP contribution is -2.45. The monoisotopic (exact) mass is 322 g/mol. The predicted molar refractivity (Wildman–Crippen MR) is 87.8 cm³/mol. The smallest absolute Gasteiger partial charge is 0.240 e. The van der Waals surface area contributed by atoms with Crippen LogP contribution < -0.4 is 5.73 Å². The Bertz CT molecular complexity index is 575. The third-order valence-electron chi connectivity index (χ3n) is 4.13. The molecule has 1 aliphatic rings. The first-order valence-electron chi connectivity index (χ1n) is 7.54. The van der Waals surface area contributed by atoms with Crippen molar-refractivity contribution in [2.45, 2.75) is 32.4 Å². The molecule has 2 unspecified atom stereocenters. The molecule has 1 aromatic heterocycles. The molecule has 2 heterocycles. The van der Waals surface area contributed by atoms with Crippen LogP contribution in [-0.2, 0) is 13.0 Å². The zero-order valence-electron chi connectivity index (χ0n) is 12.8. The van der Waals surface area contributed by atoms with Gasteiger partial charge in [-0.1, -0.05) is 42.4 Å². The zero-order chi connectivity index (χ0) is 14.7. The van der Waals surface area contributed by atoms with Crippen LogP contribution >= 0.6 is 12.4 Å². The van der Waals surface area contributed by atoms with Crippen molar-refractivity contribution in [3.8, 4) is 0 Å². The van der Waals surface area contributed by atoms with Gasteiger partial charge >= 0.3 is 0 Å². The molecule has 6 heteroatoms. The fourth-order valence-electron chi connectivity index (χ4n) is 2.79. The summed E-state index contributed by atoms with van der Waals surface area (Å²) >= 11 is 0. The molecule has 0 aliphatic carbocycles. The van der Waals surface area contributed by atoms with Crippen molar-refractivity contribution in [1.82, 2.24) is 15.0 Å². The van der Waals surface area contributed by atoms with Gasteiger partial charge in [-0.3, -0.25) is 4.90 Å². The van der Waals surface area contributed by atoms with Crippen LogP contribution in [0.1, 0.15) is 30.6 Å². The number of piperidine rings is 1. The topological polar surface area (TPSA) is 68.2 Å². The molecule has 120 valence electrons. The molecular weight excluding hydrogens is 300 g/mol. The van der Waals surface area contributed by atoms with E-state index in [2.05, 4.69) is 34.1 Å². The number of aromatic nitrogens is 2. The quantitative estimate of drug-likeness (QED) is 0.935. The summed E-state index contributed by atoms with van der Waals surface area (Å²) in [7, 11) is 0. The summed E-state index contributed by atoms with van der Waals surface area (Å²) in [5.41, 5.74) is 7.24. The second-order valence-electron chi connectivity index (χ2n) is 5.93. The van der Waals surface area contributed by atoms with Crippen LogP contribution in [0.3, 0.4) is 0 Å². The summed E-state index contributed by atoms with van der Waals surface area (Å²) in [5.74, 6) is 1.96. The van der Waals surface area contributed by atoms with E-state index in [4.69, 9.17) is 10.3 Å². The molecule has 0 radical (unpaired) electrons. The van der Waals surface area contributed by atoms with E-state index < -0.39 is 0 Å². The standard InChI is InChI=1S/C16H22N4O.ClH/c1-12-10-20(8-7-14(12)17)11-16-18-15(19-21-16)9-13-5-3-2-4-6-13;/h2-6,12,14H,7-11,17H2,1H3;1H. The van der Waals surface area contributed by atoms with Crippen molar-refractivity contribution in [1.29, 1.82) is 0 Å². The van der Waals surface area contributed by atoms with Gasteiger partial charge in [-0.2, -0.15) is 4.98 Å². The molecule has 0 amide bonds. The molecule has 2 N–H and O–H groups in total. The van der Waals surface area contributed by atoms with Gasteiger partial charge in [-0.05, 0) is 17.9 Å². The minimum absolute atomic E-state index is 0. The lowest BCUT2D eigenvalue weighted by molar-refractivity contribution is 0.142. The summed E-state index contributed by atoms with van der Waals surface area (Å²) in [6.07, 6.45) is 1.75. The van der Waals surface area contributed by atoms with E-state index in [1.165, 1.54) is 5.56 Å². The first-order chi connectivity index (χ1) is 10.2. The van der Waals surface area contributed by atoms with Crippen LogP contribution in [-0.4, -0.2) is 34.2 Å². The molecule has 2 aromatic rings. The van der Waals surface area contributed by atoms with Gasteiger partial charge < -0.3 is 10.3 Å². The molecule has 1 aliphatic heterocycles. The Balaban J connectivity index is 0.00000176. The minimum Gasteiger partial charge on any atom is -0.338 e. The summed E-state index contributed by atoms with van der Waals surface area (Å²) < 4.78 is 5.37. The van der Waals surface area contributed by atoms with Gasteiger partial charge in [0.25, 0.3) is 0 Å². The molecule has 0 saturated carbocycles. The summed E-state index contributed by atoms with van der Waals surface area (Å²) in [4.78, 5) is 6.83. The molecule has 5 nitrogen and oxygen atoms in total. The molecule has 0 spiro atoms. The van der Waals surface area contributed by atoms with Crippen molar-refractivity contribution in [3.63, 3.8) is 0 Å². The van der Waals surface area contributed by atoms with E-state index in [1.807, 2.05) is 18.2 Å². The first kappa shape index (κ1) is 16.9. The molecule has 22 heavy (non-hydrogen) atoms. The van der Waals surface area contributed by atoms with Crippen LogP contribution in [0.2, 0.25) is 0 Å². The van der Waals surface area contributed by atoms with Crippen molar-refractivity contribution in [2.24, 2.45) is 11.7 Å². The van der Waals surface area contributed by atoms with Crippen LogP contribution in [0.15, 0.2) is 34.9 Å². The van der Waals surface area contributed by atoms with E-state index in [9.17, 15) is 0 Å². The SMILES string of the molecule is CC1CN(Cc2nc(Cc3ccccc3)no2)CCC1N.Cl. The predicted octanol–water partition coefficient (Wildman–Crippen LogP) is 2.25. The number of halogens is 1. The highest BCUT2D eigenvalue weighted by atomic mass is 35.5. The highest BCUT2D eigenvalue weighted by Crippen LogP contribution is 2.17. The molecule has 0 bridgehead atoms. The number of likely N-dealkylation sites (tertiary alicyclic amines) is 1. The molecule has 2 atom stereocenters. The van der Waals surface area contributed by atoms with Gasteiger partial charge in [0.05, 0.1) is 6.54 Å². The largest absolute Gasteiger partial charge is 0.338 e. The summed E-state index contributed by atoms with van der Waals surface area (Å²) in [5, 5.41) is 4.07. The van der Waals surface area contributed by atoms with Gasteiger partial charge in [0.1, 0.15) is 0 Å². The highest BCUT2D eigenvalue weighted by Gasteiger charge is 2.24. The average Bonchev–Trinajstić information content (AvgIpc) is 2.91. The number of rotatable bonds is 4. The Kier molecular flexibility index (Phi) is 5.94. The molecule has 1 saturated heterocycles. The second kappa shape index (κ2) is 7.72. The normalized spacial score (nSPS) is 22.3. The zero-order valence-corrected chi connectivity index (χ0v) is 13.6. The van der Waals surface area contributed by atoms with Crippen molar-refractivity contribution in [3.05, 3.63) is 47.6 Å². The Morgan fingerprint density at radius 2 is 2.09 bits per heavy atom. The maximum absolute atomic E-state index is 6.05. The van der Waals surface area contributed by atoms with E-state index in [-0.39, 0.29) is 12.4 Å². The number of nitrogens with two attached hydrogens (primary N) is 1. The van der Waals surface area contributed by atoms with Crippen molar-refractivity contribution >= 4 is 12.4 Å². The number of nitrogens with zero attached hydrogens (tertiary/aromatic N) is 3. The number of hydrogen-bond donors (Lipinski definition) is 1. The maximum atomic E-state index is 6.05. The molecular formula is C16H23ClN4O. The van der Waals surface area contributed by atoms with Gasteiger partial charge in [-0.25, -0.2) is 0 Å². The third kappa shape index (κ3) is 4.29. The van der Waals surface area contributed by atoms with E-state index in [0.717, 1.165) is 31.9 Å². The fourth-order valence-corrected chi connectivity index (χ4v) is 2.79. The van der Waals surface area contributed by atoms with E-state index in [0.29, 0.717) is 24.3 Å². The van der Waals surface area contributed by atoms with Crippen molar-refractivity contribution < 1.29 is 4.52 Å². The average molecular weight is 323 g/mol. The number of benzene rings is 1. The highest BCUT2D eigenvalue weighted by molar-refractivity contribution is 5.85. The lowest BCUT2D eigenvalue weighted by Gasteiger charge is -2.34. The molecule has 1 aromatic carbocycles. The summed E-state index contributed by atoms with van der Waals surface area (Å²) in [6, 6.07) is 10.5. The van der Waals surface area contributed by atoms with Crippen LogP contribution in [0, 0.1) is 5.92 Å². The molecule has 1 fully saturated rings. The number of hydrogen-bond acceptors (Lipinski definition) is 5. The van der Waals surface area contributed by atoms with Crippen molar-refractivity contribution in [2.75, 3.05) is 13.1 Å². The first-order valence-corrected chi connectivity index (χ1v) is 7.54. The van der Waals surface area contributed by atoms with Crippen LogP contribution in [0.4, 0.5) is 0 Å². The Morgan fingerprint density at radius 1 is 1.32 bits per heavy atom. The minimum atomic E-state index is 0. The van der Waals surface area contributed by atoms with Gasteiger partial charge in [-0.15, -0.1) is 12.4 Å². The van der Waals surface area contributed by atoms with Gasteiger partial charge in [0.15, 0.2) is 5.82 Å².